The highest BCUT2D eigenvalue weighted by molar-refractivity contribution is 5.41. The first kappa shape index (κ1) is 20.9. The second-order valence-electron chi connectivity index (χ2n) is 8.48. The van der Waals surface area contributed by atoms with E-state index in [4.69, 9.17) is 11.0 Å². The quantitative estimate of drug-likeness (QED) is 0.785. The molecule has 30 heavy (non-hydrogen) atoms. The highest BCUT2D eigenvalue weighted by Crippen LogP contribution is 2.42. The molecule has 1 aliphatic heterocycles. The molecule has 0 radical (unpaired) electrons. The molecule has 0 aromatic heterocycles. The summed E-state index contributed by atoms with van der Waals surface area (Å²) in [5, 5.41) is 9.00. The van der Waals surface area contributed by atoms with E-state index in [1.54, 1.807) is 0 Å². The van der Waals surface area contributed by atoms with Gasteiger partial charge in [-0.25, -0.2) is 0 Å². The second kappa shape index (κ2) is 8.41. The Balaban J connectivity index is 1.58. The van der Waals surface area contributed by atoms with Crippen molar-refractivity contribution < 1.29 is 13.2 Å². The molecule has 0 amide bonds. The van der Waals surface area contributed by atoms with Gasteiger partial charge in [-0.15, -0.1) is 0 Å². The Morgan fingerprint density at radius 3 is 2.67 bits per heavy atom. The predicted molar refractivity (Wildman–Crippen MR) is 110 cm³/mol. The molecule has 3 nitrogen and oxygen atoms in total. The summed E-state index contributed by atoms with van der Waals surface area (Å²) in [5.74, 6) is 0.708. The zero-order valence-corrected chi connectivity index (χ0v) is 16.8. The number of rotatable bonds is 5. The molecule has 4 rings (SSSR count). The van der Waals surface area contributed by atoms with Gasteiger partial charge in [0.1, 0.15) is 0 Å². The molecular formula is C24H26F3N3. The number of nitriles is 1. The number of likely N-dealkylation sites (tertiary alicyclic amines) is 1. The van der Waals surface area contributed by atoms with Crippen LogP contribution in [0.15, 0.2) is 42.5 Å². The lowest BCUT2D eigenvalue weighted by Gasteiger charge is -2.30. The molecule has 3 atom stereocenters. The summed E-state index contributed by atoms with van der Waals surface area (Å²) in [6.45, 7) is 2.65. The molecule has 2 aliphatic rings. The van der Waals surface area contributed by atoms with E-state index in [1.807, 2.05) is 18.2 Å². The van der Waals surface area contributed by atoms with E-state index in [-0.39, 0.29) is 17.0 Å². The van der Waals surface area contributed by atoms with Crippen LogP contribution in [0.2, 0.25) is 0 Å². The van der Waals surface area contributed by atoms with Crippen molar-refractivity contribution in [1.29, 1.82) is 5.26 Å². The molecule has 1 fully saturated rings. The molecule has 1 saturated heterocycles. The first-order valence-corrected chi connectivity index (χ1v) is 10.5. The van der Waals surface area contributed by atoms with Crippen molar-refractivity contribution in [2.75, 3.05) is 19.6 Å². The van der Waals surface area contributed by atoms with Gasteiger partial charge in [0.05, 0.1) is 17.2 Å². The summed E-state index contributed by atoms with van der Waals surface area (Å²) in [4.78, 5) is 2.49. The Hall–Kier alpha value is -2.36. The van der Waals surface area contributed by atoms with E-state index in [9.17, 15) is 13.2 Å². The molecule has 2 aromatic carbocycles. The molecule has 158 valence electrons. The van der Waals surface area contributed by atoms with Crippen molar-refractivity contribution in [3.05, 3.63) is 70.3 Å². The Morgan fingerprint density at radius 2 is 1.97 bits per heavy atom. The summed E-state index contributed by atoms with van der Waals surface area (Å²) in [7, 11) is 0. The molecule has 0 bridgehead atoms. The Morgan fingerprint density at radius 1 is 1.17 bits per heavy atom. The van der Waals surface area contributed by atoms with Crippen LogP contribution in [-0.2, 0) is 19.0 Å². The maximum atomic E-state index is 13.6. The monoisotopic (exact) mass is 413 g/mol. The molecule has 2 N–H and O–H groups in total. The molecule has 1 unspecified atom stereocenters. The van der Waals surface area contributed by atoms with Crippen LogP contribution in [0.3, 0.4) is 0 Å². The van der Waals surface area contributed by atoms with Gasteiger partial charge in [0, 0.05) is 18.5 Å². The van der Waals surface area contributed by atoms with Crippen LogP contribution in [0.1, 0.15) is 46.6 Å². The SMILES string of the molecule is N#Cc1ccc(CC[C@@H]2c3ccccc3CC2N2CC[C@H](CN)C2)c(C(F)(F)F)c1. The first-order chi connectivity index (χ1) is 14.4. The Kier molecular flexibility index (Phi) is 5.86. The van der Waals surface area contributed by atoms with Crippen molar-refractivity contribution >= 4 is 0 Å². The molecule has 0 spiro atoms. The summed E-state index contributed by atoms with van der Waals surface area (Å²) >= 11 is 0. The number of benzene rings is 2. The van der Waals surface area contributed by atoms with Gasteiger partial charge in [-0.3, -0.25) is 4.90 Å². The van der Waals surface area contributed by atoms with E-state index in [0.717, 1.165) is 32.0 Å². The summed E-state index contributed by atoms with van der Waals surface area (Å²) in [6, 6.07) is 14.4. The van der Waals surface area contributed by atoms with Crippen LogP contribution in [0.5, 0.6) is 0 Å². The van der Waals surface area contributed by atoms with Gasteiger partial charge in [0.25, 0.3) is 0 Å². The molecule has 1 heterocycles. The second-order valence-corrected chi connectivity index (χ2v) is 8.48. The minimum atomic E-state index is -4.46. The van der Waals surface area contributed by atoms with Gasteiger partial charge in [0.2, 0.25) is 0 Å². The number of hydrogen-bond donors (Lipinski definition) is 1. The van der Waals surface area contributed by atoms with Crippen LogP contribution in [-0.4, -0.2) is 30.6 Å². The van der Waals surface area contributed by atoms with Crippen LogP contribution in [0, 0.1) is 17.2 Å². The lowest BCUT2D eigenvalue weighted by atomic mass is 9.89. The van der Waals surface area contributed by atoms with E-state index in [1.165, 1.54) is 23.3 Å². The smallest absolute Gasteiger partial charge is 0.330 e. The molecule has 6 heteroatoms. The van der Waals surface area contributed by atoms with E-state index >= 15 is 0 Å². The number of aryl methyl sites for hydroxylation is 1. The molecule has 1 aliphatic carbocycles. The zero-order valence-electron chi connectivity index (χ0n) is 16.8. The number of fused-ring (bicyclic) bond motifs is 1. The largest absolute Gasteiger partial charge is 0.416 e. The van der Waals surface area contributed by atoms with Crippen molar-refractivity contribution in [1.82, 2.24) is 4.90 Å². The van der Waals surface area contributed by atoms with Crippen molar-refractivity contribution in [2.45, 2.75) is 43.8 Å². The van der Waals surface area contributed by atoms with Gasteiger partial charge < -0.3 is 5.73 Å². The Bertz CT molecular complexity index is 947. The maximum absolute atomic E-state index is 13.6. The summed E-state index contributed by atoms with van der Waals surface area (Å²) in [6.07, 6.45) is -1.44. The van der Waals surface area contributed by atoms with Crippen LogP contribution in [0.25, 0.3) is 0 Å². The third-order valence-electron chi connectivity index (χ3n) is 6.74. The zero-order chi connectivity index (χ0) is 21.3. The van der Waals surface area contributed by atoms with Gasteiger partial charge in [0.15, 0.2) is 0 Å². The topological polar surface area (TPSA) is 53.0 Å². The standard InChI is InChI=1S/C24H26F3N3/c25-24(26,27)22-11-16(13-28)5-6-18(22)7-8-21-20-4-2-1-3-19(20)12-23(21)30-10-9-17(14-29)15-30/h1-6,11,17,21,23H,7-10,12,14-15,29H2/t17-,21-,23?/m1/s1. The van der Waals surface area contributed by atoms with Gasteiger partial charge in [-0.2, -0.15) is 18.4 Å². The van der Waals surface area contributed by atoms with Crippen LogP contribution < -0.4 is 5.73 Å². The van der Waals surface area contributed by atoms with Crippen LogP contribution >= 0.6 is 0 Å². The minimum absolute atomic E-state index is 0.0417. The van der Waals surface area contributed by atoms with Crippen molar-refractivity contribution in [2.24, 2.45) is 11.7 Å². The highest BCUT2D eigenvalue weighted by atomic mass is 19.4. The van der Waals surface area contributed by atoms with Gasteiger partial charge >= 0.3 is 6.18 Å². The lowest BCUT2D eigenvalue weighted by molar-refractivity contribution is -0.138. The van der Waals surface area contributed by atoms with E-state index in [2.05, 4.69) is 17.0 Å². The third kappa shape index (κ3) is 4.10. The Labute approximate surface area is 175 Å². The number of halogens is 3. The first-order valence-electron chi connectivity index (χ1n) is 10.5. The van der Waals surface area contributed by atoms with Crippen molar-refractivity contribution in [3.63, 3.8) is 0 Å². The average molecular weight is 413 g/mol. The van der Waals surface area contributed by atoms with Gasteiger partial charge in [-0.1, -0.05) is 30.3 Å². The number of alkyl halides is 3. The fourth-order valence-corrected chi connectivity index (χ4v) is 5.18. The molecule has 2 aromatic rings. The summed E-state index contributed by atoms with van der Waals surface area (Å²) in [5.41, 5.74) is 8.07. The third-order valence-corrected chi connectivity index (χ3v) is 6.74. The normalized spacial score (nSPS) is 24.0. The number of nitrogens with zero attached hydrogens (tertiary/aromatic N) is 2. The fraction of sp³-hybridized carbons (Fsp3) is 0.458. The number of hydrogen-bond acceptors (Lipinski definition) is 3. The minimum Gasteiger partial charge on any atom is -0.330 e. The highest BCUT2D eigenvalue weighted by Gasteiger charge is 2.39. The predicted octanol–water partition coefficient (Wildman–Crippen LogP) is 4.50. The maximum Gasteiger partial charge on any atom is 0.416 e. The molecular weight excluding hydrogens is 387 g/mol. The number of nitrogens with two attached hydrogens (primary N) is 1. The van der Waals surface area contributed by atoms with E-state index in [0.29, 0.717) is 31.3 Å². The molecule has 0 saturated carbocycles. The lowest BCUT2D eigenvalue weighted by Crippen LogP contribution is -2.37. The van der Waals surface area contributed by atoms with Crippen molar-refractivity contribution in [3.8, 4) is 6.07 Å². The van der Waals surface area contributed by atoms with E-state index < -0.39 is 11.7 Å². The van der Waals surface area contributed by atoms with Gasteiger partial charge in [-0.05, 0) is 73.5 Å². The summed E-state index contributed by atoms with van der Waals surface area (Å²) < 4.78 is 40.7. The fourth-order valence-electron chi connectivity index (χ4n) is 5.18. The van der Waals surface area contributed by atoms with Crippen LogP contribution in [0.4, 0.5) is 13.2 Å². The average Bonchev–Trinajstić information content (AvgIpc) is 3.36.